The van der Waals surface area contributed by atoms with Gasteiger partial charge in [-0.3, -0.25) is 14.5 Å². The highest BCUT2D eigenvalue weighted by Gasteiger charge is 2.09. The molecule has 0 aliphatic heterocycles. The zero-order valence-electron chi connectivity index (χ0n) is 15.1. The van der Waals surface area contributed by atoms with Gasteiger partial charge >= 0.3 is 0 Å². The van der Waals surface area contributed by atoms with E-state index in [1.807, 2.05) is 44.3 Å². The summed E-state index contributed by atoms with van der Waals surface area (Å²) in [6.45, 7) is 2.68. The minimum absolute atomic E-state index is 0.193. The molecule has 0 aliphatic carbocycles. The molecule has 7 heteroatoms. The predicted octanol–water partition coefficient (Wildman–Crippen LogP) is 2.63. The van der Waals surface area contributed by atoms with E-state index in [0.29, 0.717) is 24.5 Å². The normalized spacial score (nSPS) is 11.0. The Labute approximate surface area is 156 Å². The van der Waals surface area contributed by atoms with Crippen LogP contribution in [0, 0.1) is 6.92 Å². The Hall–Kier alpha value is -3.48. The molecule has 0 spiro atoms. The fourth-order valence-electron chi connectivity index (χ4n) is 2.91. The van der Waals surface area contributed by atoms with E-state index < -0.39 is 0 Å². The van der Waals surface area contributed by atoms with E-state index in [0.717, 1.165) is 27.6 Å². The van der Waals surface area contributed by atoms with Gasteiger partial charge in [0, 0.05) is 24.3 Å². The van der Waals surface area contributed by atoms with Crippen molar-refractivity contribution in [2.45, 2.75) is 6.92 Å². The number of aromatic nitrogens is 4. The minimum Gasteiger partial charge on any atom is -0.489 e. The van der Waals surface area contributed by atoms with Crippen LogP contribution < -0.4 is 10.1 Å². The van der Waals surface area contributed by atoms with Crippen LogP contribution in [0.1, 0.15) is 16.1 Å². The lowest BCUT2D eigenvalue weighted by Crippen LogP contribution is -2.28. The number of nitrogens with zero attached hydrogens (tertiary/aromatic N) is 4. The standard InChI is InChI=1S/C20H19N5O2/c1-13-6-7-14-4-3-5-18(19(14)24-13)27-9-8-21-20(26)15-10-17-16(22-11-15)12-23-25(17)2/h3-7,10-12H,8-9H2,1-2H3,(H,21,26). The van der Waals surface area contributed by atoms with Crippen LogP contribution in [0.4, 0.5) is 0 Å². The number of nitrogens with one attached hydrogen (secondary N) is 1. The lowest BCUT2D eigenvalue weighted by molar-refractivity contribution is 0.0947. The first-order valence-electron chi connectivity index (χ1n) is 8.67. The van der Waals surface area contributed by atoms with Crippen molar-refractivity contribution in [2.24, 2.45) is 7.05 Å². The lowest BCUT2D eigenvalue weighted by Gasteiger charge is -2.10. The molecule has 0 aliphatic rings. The third kappa shape index (κ3) is 3.44. The zero-order chi connectivity index (χ0) is 18.8. The van der Waals surface area contributed by atoms with Crippen molar-refractivity contribution in [1.29, 1.82) is 0 Å². The van der Waals surface area contributed by atoms with Crippen LogP contribution in [0.15, 0.2) is 48.8 Å². The molecule has 3 heterocycles. The number of para-hydroxylation sites is 1. The molecule has 4 aromatic rings. The number of rotatable bonds is 5. The highest BCUT2D eigenvalue weighted by molar-refractivity contribution is 5.96. The van der Waals surface area contributed by atoms with E-state index in [1.54, 1.807) is 23.1 Å². The van der Waals surface area contributed by atoms with Crippen molar-refractivity contribution in [3.05, 3.63) is 60.0 Å². The monoisotopic (exact) mass is 361 g/mol. The van der Waals surface area contributed by atoms with Gasteiger partial charge in [-0.05, 0) is 25.1 Å². The summed E-state index contributed by atoms with van der Waals surface area (Å²) in [6, 6.07) is 11.6. The molecule has 1 N–H and O–H groups in total. The summed E-state index contributed by atoms with van der Waals surface area (Å²) in [5.41, 5.74) is 3.83. The summed E-state index contributed by atoms with van der Waals surface area (Å²) in [7, 11) is 1.82. The van der Waals surface area contributed by atoms with Gasteiger partial charge in [0.25, 0.3) is 5.91 Å². The Kier molecular flexibility index (Phi) is 4.42. The highest BCUT2D eigenvalue weighted by atomic mass is 16.5. The largest absolute Gasteiger partial charge is 0.489 e. The number of amides is 1. The molecular formula is C20H19N5O2. The molecule has 0 unspecified atom stereocenters. The van der Waals surface area contributed by atoms with Crippen molar-refractivity contribution in [2.75, 3.05) is 13.2 Å². The number of benzene rings is 1. The maximum atomic E-state index is 12.3. The second-order valence-corrected chi connectivity index (χ2v) is 6.28. The zero-order valence-corrected chi connectivity index (χ0v) is 15.1. The molecule has 0 saturated carbocycles. The van der Waals surface area contributed by atoms with E-state index in [2.05, 4.69) is 20.4 Å². The molecule has 0 bridgehead atoms. The Morgan fingerprint density at radius 1 is 1.22 bits per heavy atom. The molecule has 1 amide bonds. The Morgan fingerprint density at radius 2 is 2.11 bits per heavy atom. The van der Waals surface area contributed by atoms with Crippen molar-refractivity contribution in [1.82, 2.24) is 25.1 Å². The smallest absolute Gasteiger partial charge is 0.253 e. The molecule has 0 fully saturated rings. The predicted molar refractivity (Wildman–Crippen MR) is 103 cm³/mol. The molecule has 0 radical (unpaired) electrons. The third-order valence-electron chi connectivity index (χ3n) is 4.33. The Balaban J connectivity index is 1.39. The number of pyridine rings is 2. The van der Waals surface area contributed by atoms with Gasteiger partial charge in [0.15, 0.2) is 0 Å². The molecule has 27 heavy (non-hydrogen) atoms. The average molecular weight is 361 g/mol. The van der Waals surface area contributed by atoms with Gasteiger partial charge in [-0.25, -0.2) is 4.98 Å². The molecule has 0 saturated heterocycles. The molecule has 1 aromatic carbocycles. The van der Waals surface area contributed by atoms with Gasteiger partial charge < -0.3 is 10.1 Å². The van der Waals surface area contributed by atoms with E-state index in [-0.39, 0.29) is 5.91 Å². The van der Waals surface area contributed by atoms with Crippen molar-refractivity contribution in [3.63, 3.8) is 0 Å². The van der Waals surface area contributed by atoms with Crippen molar-refractivity contribution >= 4 is 27.8 Å². The van der Waals surface area contributed by atoms with E-state index in [9.17, 15) is 4.79 Å². The van der Waals surface area contributed by atoms with Crippen LogP contribution in [0.3, 0.4) is 0 Å². The molecular weight excluding hydrogens is 342 g/mol. The van der Waals surface area contributed by atoms with Crippen LogP contribution in [0.2, 0.25) is 0 Å². The second-order valence-electron chi connectivity index (χ2n) is 6.28. The van der Waals surface area contributed by atoms with E-state index in [1.165, 1.54) is 0 Å². The minimum atomic E-state index is -0.193. The number of carbonyl (C=O) groups excluding carboxylic acids is 1. The fourth-order valence-corrected chi connectivity index (χ4v) is 2.91. The van der Waals surface area contributed by atoms with Crippen LogP contribution in [-0.2, 0) is 7.05 Å². The van der Waals surface area contributed by atoms with Crippen LogP contribution >= 0.6 is 0 Å². The van der Waals surface area contributed by atoms with E-state index in [4.69, 9.17) is 4.74 Å². The van der Waals surface area contributed by atoms with Crippen LogP contribution in [0.25, 0.3) is 21.9 Å². The van der Waals surface area contributed by atoms with Gasteiger partial charge in [0.1, 0.15) is 23.4 Å². The fraction of sp³-hybridized carbons (Fsp3) is 0.200. The first-order chi connectivity index (χ1) is 13.1. The quantitative estimate of drug-likeness (QED) is 0.553. The SMILES string of the molecule is Cc1ccc2cccc(OCCNC(=O)c3cnc4cnn(C)c4c3)c2n1. The number of carbonyl (C=O) groups is 1. The number of hydrogen-bond donors (Lipinski definition) is 1. The van der Waals surface area contributed by atoms with Gasteiger partial charge in [0.2, 0.25) is 0 Å². The topological polar surface area (TPSA) is 81.9 Å². The molecule has 4 rings (SSSR count). The first-order valence-corrected chi connectivity index (χ1v) is 8.67. The first kappa shape index (κ1) is 17.0. The summed E-state index contributed by atoms with van der Waals surface area (Å²) in [5, 5.41) is 8.01. The van der Waals surface area contributed by atoms with Crippen molar-refractivity contribution in [3.8, 4) is 5.75 Å². The molecule has 3 aromatic heterocycles. The molecule has 136 valence electrons. The van der Waals surface area contributed by atoms with E-state index >= 15 is 0 Å². The number of ether oxygens (including phenoxy) is 1. The maximum Gasteiger partial charge on any atom is 0.253 e. The lowest BCUT2D eigenvalue weighted by atomic mass is 10.2. The third-order valence-corrected chi connectivity index (χ3v) is 4.33. The van der Waals surface area contributed by atoms with Crippen LogP contribution in [-0.4, -0.2) is 38.8 Å². The van der Waals surface area contributed by atoms with Gasteiger partial charge in [-0.2, -0.15) is 5.10 Å². The summed E-state index contributed by atoms with van der Waals surface area (Å²) in [4.78, 5) is 21.1. The maximum absolute atomic E-state index is 12.3. The Morgan fingerprint density at radius 3 is 3.00 bits per heavy atom. The van der Waals surface area contributed by atoms with Gasteiger partial charge in [-0.1, -0.05) is 18.2 Å². The number of hydrogen-bond acceptors (Lipinski definition) is 5. The van der Waals surface area contributed by atoms with Gasteiger partial charge in [-0.15, -0.1) is 0 Å². The summed E-state index contributed by atoms with van der Waals surface area (Å²) < 4.78 is 7.52. The van der Waals surface area contributed by atoms with Crippen molar-refractivity contribution < 1.29 is 9.53 Å². The summed E-state index contributed by atoms with van der Waals surface area (Å²) >= 11 is 0. The highest BCUT2D eigenvalue weighted by Crippen LogP contribution is 2.23. The summed E-state index contributed by atoms with van der Waals surface area (Å²) in [5.74, 6) is 0.518. The summed E-state index contributed by atoms with van der Waals surface area (Å²) in [6.07, 6.45) is 3.22. The number of aryl methyl sites for hydroxylation is 2. The second kappa shape index (κ2) is 7.03. The van der Waals surface area contributed by atoms with Crippen LogP contribution in [0.5, 0.6) is 5.75 Å². The number of fused-ring (bicyclic) bond motifs is 2. The molecule has 7 nitrogen and oxygen atoms in total. The van der Waals surface area contributed by atoms with Gasteiger partial charge in [0.05, 0.1) is 23.8 Å². The molecule has 0 atom stereocenters. The average Bonchev–Trinajstić information content (AvgIpc) is 3.05. The Bertz CT molecular complexity index is 1140.